The Kier molecular flexibility index (Phi) is 8.28. The Balaban J connectivity index is 1.28. The van der Waals surface area contributed by atoms with Gasteiger partial charge >= 0.3 is 5.69 Å². The van der Waals surface area contributed by atoms with Crippen molar-refractivity contribution in [1.29, 1.82) is 0 Å². The van der Waals surface area contributed by atoms with Gasteiger partial charge in [0.25, 0.3) is 5.91 Å². The fourth-order valence-corrected chi connectivity index (χ4v) is 3.92. The number of amides is 2. The molecule has 0 saturated heterocycles. The zero-order valence-corrected chi connectivity index (χ0v) is 21.6. The van der Waals surface area contributed by atoms with Gasteiger partial charge in [-0.3, -0.25) is 19.7 Å². The lowest BCUT2D eigenvalue weighted by molar-refractivity contribution is -0.385. The molecule has 0 radical (unpaired) electrons. The first-order chi connectivity index (χ1) is 18.2. The molecule has 2 amide bonds. The summed E-state index contributed by atoms with van der Waals surface area (Å²) in [7, 11) is 0. The molecule has 3 aromatic carbocycles. The molecule has 4 aromatic rings. The van der Waals surface area contributed by atoms with Gasteiger partial charge in [0.2, 0.25) is 11.7 Å². The van der Waals surface area contributed by atoms with Crippen molar-refractivity contribution in [3.8, 4) is 17.2 Å². The van der Waals surface area contributed by atoms with E-state index in [1.54, 1.807) is 12.1 Å². The predicted octanol–water partition coefficient (Wildman–Crippen LogP) is 4.57. The number of halogens is 3. The number of carbonyl (C=O) groups excluding carboxylic acids is 2. The molecule has 38 heavy (non-hydrogen) atoms. The third-order valence-corrected chi connectivity index (χ3v) is 5.92. The summed E-state index contributed by atoms with van der Waals surface area (Å²) in [6.45, 7) is -0.287. The highest BCUT2D eigenvalue weighted by molar-refractivity contribution is 9.10. The van der Waals surface area contributed by atoms with Crippen molar-refractivity contribution in [1.82, 2.24) is 25.6 Å². The SMILES string of the molecule is O=C(CNC(=O)c1ccc(Oc2ccc(Cl)cc2[N+](=O)[O-])cc1)NCc1cn(-c2c(F)cccc2Br)nn1. The highest BCUT2D eigenvalue weighted by Crippen LogP contribution is 2.33. The number of benzene rings is 3. The third-order valence-electron chi connectivity index (χ3n) is 5.05. The van der Waals surface area contributed by atoms with Crippen molar-refractivity contribution >= 4 is 45.0 Å². The van der Waals surface area contributed by atoms with Gasteiger partial charge in [-0.15, -0.1) is 5.10 Å². The highest BCUT2D eigenvalue weighted by Gasteiger charge is 2.17. The van der Waals surface area contributed by atoms with E-state index >= 15 is 0 Å². The fraction of sp³-hybridized carbons (Fsp3) is 0.0833. The van der Waals surface area contributed by atoms with E-state index in [4.69, 9.17) is 16.3 Å². The molecule has 0 fully saturated rings. The van der Waals surface area contributed by atoms with Gasteiger partial charge in [0.05, 0.1) is 24.2 Å². The lowest BCUT2D eigenvalue weighted by Gasteiger charge is -2.08. The molecule has 0 unspecified atom stereocenters. The second kappa shape index (κ2) is 11.8. The van der Waals surface area contributed by atoms with E-state index in [0.717, 1.165) is 0 Å². The van der Waals surface area contributed by atoms with E-state index in [0.29, 0.717) is 10.2 Å². The minimum absolute atomic E-state index is 0.00477. The number of nitro groups is 1. The molecular weight excluding hydrogens is 587 g/mol. The summed E-state index contributed by atoms with van der Waals surface area (Å²) >= 11 is 9.07. The van der Waals surface area contributed by atoms with Crippen LogP contribution < -0.4 is 15.4 Å². The van der Waals surface area contributed by atoms with Crippen LogP contribution in [-0.2, 0) is 11.3 Å². The summed E-state index contributed by atoms with van der Waals surface area (Å²) in [4.78, 5) is 35.2. The second-order valence-electron chi connectivity index (χ2n) is 7.68. The Morgan fingerprint density at radius 1 is 1.13 bits per heavy atom. The monoisotopic (exact) mass is 602 g/mol. The molecule has 0 aliphatic carbocycles. The van der Waals surface area contributed by atoms with Crippen LogP contribution in [0.15, 0.2) is 71.3 Å². The number of carbonyl (C=O) groups is 2. The van der Waals surface area contributed by atoms with Crippen LogP contribution in [0.2, 0.25) is 5.02 Å². The molecule has 0 aliphatic heterocycles. The number of hydrogen-bond donors (Lipinski definition) is 2. The lowest BCUT2D eigenvalue weighted by atomic mass is 10.2. The summed E-state index contributed by atoms with van der Waals surface area (Å²) in [6, 6.07) is 14.3. The summed E-state index contributed by atoms with van der Waals surface area (Å²) in [6.07, 6.45) is 1.48. The smallest absolute Gasteiger partial charge is 0.313 e. The van der Waals surface area contributed by atoms with Crippen molar-refractivity contribution in [2.45, 2.75) is 6.54 Å². The second-order valence-corrected chi connectivity index (χ2v) is 8.97. The van der Waals surface area contributed by atoms with Gasteiger partial charge in [-0.25, -0.2) is 9.07 Å². The minimum Gasteiger partial charge on any atom is -0.450 e. The molecule has 1 aromatic heterocycles. The molecule has 1 heterocycles. The van der Waals surface area contributed by atoms with Gasteiger partial charge in [0.15, 0.2) is 0 Å². The van der Waals surface area contributed by atoms with Gasteiger partial charge in [-0.2, -0.15) is 0 Å². The van der Waals surface area contributed by atoms with Crippen LogP contribution in [0.1, 0.15) is 16.1 Å². The Labute approximate surface area is 227 Å². The van der Waals surface area contributed by atoms with E-state index in [9.17, 15) is 24.1 Å². The van der Waals surface area contributed by atoms with E-state index in [1.165, 1.54) is 59.4 Å². The first kappa shape index (κ1) is 26.7. The summed E-state index contributed by atoms with van der Waals surface area (Å²) < 4.78 is 21.4. The molecule has 0 bridgehead atoms. The van der Waals surface area contributed by atoms with E-state index in [-0.39, 0.29) is 46.5 Å². The Hall–Kier alpha value is -4.36. The lowest BCUT2D eigenvalue weighted by Crippen LogP contribution is -2.36. The molecule has 0 atom stereocenters. The van der Waals surface area contributed by atoms with Gasteiger partial charge in [-0.1, -0.05) is 22.9 Å². The molecule has 0 spiro atoms. The van der Waals surface area contributed by atoms with Crippen molar-refractivity contribution < 1.29 is 23.6 Å². The number of rotatable bonds is 9. The summed E-state index contributed by atoms with van der Waals surface area (Å²) in [5.74, 6) is -1.22. The first-order valence-corrected chi connectivity index (χ1v) is 12.0. The maximum atomic E-state index is 14.1. The predicted molar refractivity (Wildman–Crippen MR) is 138 cm³/mol. The largest absolute Gasteiger partial charge is 0.450 e. The van der Waals surface area contributed by atoms with E-state index in [2.05, 4.69) is 36.9 Å². The van der Waals surface area contributed by atoms with Gasteiger partial charge in [-0.05, 0) is 64.5 Å². The van der Waals surface area contributed by atoms with Crippen molar-refractivity contribution in [2.75, 3.05) is 6.54 Å². The summed E-state index contributed by atoms with van der Waals surface area (Å²) in [5, 5.41) is 24.3. The maximum Gasteiger partial charge on any atom is 0.313 e. The number of nitrogens with one attached hydrogen (secondary N) is 2. The zero-order valence-electron chi connectivity index (χ0n) is 19.2. The van der Waals surface area contributed by atoms with Crippen LogP contribution in [0.25, 0.3) is 5.69 Å². The van der Waals surface area contributed by atoms with Crippen LogP contribution in [0, 0.1) is 15.9 Å². The average Bonchev–Trinajstić information content (AvgIpc) is 3.35. The topological polar surface area (TPSA) is 141 Å². The first-order valence-electron chi connectivity index (χ1n) is 10.8. The average molecular weight is 604 g/mol. The molecular formula is C24H17BrClFN6O5. The molecule has 194 valence electrons. The Bertz CT molecular complexity index is 1490. The van der Waals surface area contributed by atoms with Gasteiger partial charge in [0.1, 0.15) is 22.9 Å². The van der Waals surface area contributed by atoms with Crippen molar-refractivity contribution in [3.63, 3.8) is 0 Å². The number of hydrogen-bond acceptors (Lipinski definition) is 7. The van der Waals surface area contributed by atoms with E-state index in [1.807, 2.05) is 0 Å². The number of para-hydroxylation sites is 1. The number of ether oxygens (including phenoxy) is 1. The van der Waals surface area contributed by atoms with Crippen LogP contribution in [-0.4, -0.2) is 38.3 Å². The van der Waals surface area contributed by atoms with E-state index < -0.39 is 22.6 Å². The van der Waals surface area contributed by atoms with Crippen LogP contribution in [0.4, 0.5) is 10.1 Å². The van der Waals surface area contributed by atoms with Crippen molar-refractivity contribution in [3.05, 3.63) is 104 Å². The Morgan fingerprint density at radius 3 is 2.61 bits per heavy atom. The molecule has 11 nitrogen and oxygen atoms in total. The van der Waals surface area contributed by atoms with Gasteiger partial charge < -0.3 is 15.4 Å². The quantitative estimate of drug-likeness (QED) is 0.211. The van der Waals surface area contributed by atoms with Crippen LogP contribution in [0.3, 0.4) is 0 Å². The molecule has 0 saturated carbocycles. The third kappa shape index (κ3) is 6.49. The minimum atomic E-state index is -0.613. The normalized spacial score (nSPS) is 10.6. The number of aromatic nitrogens is 3. The number of nitro benzene ring substituents is 1. The maximum absolute atomic E-state index is 14.1. The number of nitrogens with zero attached hydrogens (tertiary/aromatic N) is 4. The zero-order chi connectivity index (χ0) is 27.2. The van der Waals surface area contributed by atoms with Crippen molar-refractivity contribution in [2.24, 2.45) is 0 Å². The summed E-state index contributed by atoms with van der Waals surface area (Å²) in [5.41, 5.74) is 0.520. The molecule has 2 N–H and O–H groups in total. The molecule has 4 rings (SSSR count). The van der Waals surface area contributed by atoms with Gasteiger partial charge in [0, 0.05) is 21.1 Å². The van der Waals surface area contributed by atoms with Crippen LogP contribution >= 0.6 is 27.5 Å². The molecule has 0 aliphatic rings. The highest BCUT2D eigenvalue weighted by atomic mass is 79.9. The fourth-order valence-electron chi connectivity index (χ4n) is 3.23. The van der Waals surface area contributed by atoms with Crippen LogP contribution in [0.5, 0.6) is 11.5 Å². The Morgan fingerprint density at radius 2 is 1.89 bits per heavy atom. The molecule has 14 heteroatoms. The standard InChI is InChI=1S/C24H17BrClFN6O5/c25-18-2-1-3-19(27)23(18)32-13-16(30-31-32)11-28-22(34)12-29-24(35)14-4-7-17(8-5-14)38-21-9-6-15(26)10-20(21)33(36)37/h1-10,13H,11-12H2,(H,28,34)(H,29,35).